The molecule has 250 valence electrons. The molecule has 1 aliphatic carbocycles. The maximum Gasteiger partial charge on any atom is 0.353 e. The van der Waals surface area contributed by atoms with Gasteiger partial charge in [-0.25, -0.2) is 0 Å². The lowest BCUT2D eigenvalue weighted by molar-refractivity contribution is -0.383. The number of ether oxygens (including phenoxy) is 1. The van der Waals surface area contributed by atoms with Gasteiger partial charge in [-0.1, -0.05) is 72.8 Å². The molecule has 0 spiro atoms. The first kappa shape index (κ1) is 33.1. The molecule has 0 radical (unpaired) electrons. The number of aryl methyl sites for hydroxylation is 1. The number of allylic oxidation sites excluding steroid dienone is 1. The molecule has 0 fully saturated rings. The van der Waals surface area contributed by atoms with Gasteiger partial charge in [0.15, 0.2) is 0 Å². The molecule has 0 aliphatic heterocycles. The molecule has 50 heavy (non-hydrogen) atoms. The second-order valence-electron chi connectivity index (χ2n) is 11.2. The first-order valence-corrected chi connectivity index (χ1v) is 15.8. The molecule has 1 aliphatic rings. The minimum Gasteiger partial charge on any atom is -0.494 e. The summed E-state index contributed by atoms with van der Waals surface area (Å²) >= 11 is 0. The number of nitro groups is 1. The number of hydrogen-bond acceptors (Lipinski definition) is 10. The van der Waals surface area contributed by atoms with E-state index in [-0.39, 0.29) is 35.3 Å². The van der Waals surface area contributed by atoms with E-state index in [4.69, 9.17) is 4.74 Å². The number of Topliss-reactive ketones (excluding diaryl/α,β-unsaturated/α-hetero) is 1. The summed E-state index contributed by atoms with van der Waals surface area (Å²) < 4.78 is 5.53. The molecule has 0 saturated carbocycles. The quantitative estimate of drug-likeness (QED) is 0.0454. The molecule has 0 atom stereocenters. The van der Waals surface area contributed by atoms with E-state index in [1.54, 1.807) is 66.7 Å². The summed E-state index contributed by atoms with van der Waals surface area (Å²) in [5.74, 6) is -0.616. The zero-order chi connectivity index (χ0) is 35.0. The summed E-state index contributed by atoms with van der Waals surface area (Å²) in [7, 11) is 0. The van der Waals surface area contributed by atoms with Crippen molar-refractivity contribution in [3.8, 4) is 5.75 Å². The number of benzene rings is 4. The lowest BCUT2D eigenvalue weighted by atomic mass is 9.86. The van der Waals surface area contributed by atoms with Gasteiger partial charge in [-0.05, 0) is 72.5 Å². The number of nitrogens with zero attached hydrogens (tertiary/aromatic N) is 3. The number of carbonyl (C=O) groups is 2. The van der Waals surface area contributed by atoms with Gasteiger partial charge in [0.2, 0.25) is 23.4 Å². The maximum atomic E-state index is 13.9. The van der Waals surface area contributed by atoms with Crippen LogP contribution in [0.1, 0.15) is 29.2 Å². The van der Waals surface area contributed by atoms with Crippen LogP contribution in [0.3, 0.4) is 0 Å². The van der Waals surface area contributed by atoms with Crippen molar-refractivity contribution in [1.82, 2.24) is 9.97 Å². The maximum absolute atomic E-state index is 13.9. The predicted octanol–water partition coefficient (Wildman–Crippen LogP) is 7.51. The van der Waals surface area contributed by atoms with Crippen molar-refractivity contribution >= 4 is 58.0 Å². The van der Waals surface area contributed by atoms with Gasteiger partial charge in [0, 0.05) is 29.7 Å². The van der Waals surface area contributed by atoms with Crippen LogP contribution in [-0.2, 0) is 16.1 Å². The topological polar surface area (TPSA) is 160 Å². The minimum absolute atomic E-state index is 0.0447. The Labute approximate surface area is 288 Å². The largest absolute Gasteiger partial charge is 0.494 e. The summed E-state index contributed by atoms with van der Waals surface area (Å²) in [6.07, 6.45) is 2.88. The fraction of sp³-hybridized carbons (Fsp3) is 0.105. The van der Waals surface area contributed by atoms with Crippen LogP contribution in [-0.4, -0.2) is 33.2 Å². The van der Waals surface area contributed by atoms with Gasteiger partial charge in [0.25, 0.3) is 5.91 Å². The molecule has 6 rings (SSSR count). The molecule has 0 saturated heterocycles. The summed E-state index contributed by atoms with van der Waals surface area (Å²) in [5.41, 5.74) is 3.71. The fourth-order valence-electron chi connectivity index (χ4n) is 5.33. The lowest BCUT2D eigenvalue weighted by Crippen LogP contribution is -2.24. The van der Waals surface area contributed by atoms with E-state index in [1.807, 2.05) is 56.3 Å². The van der Waals surface area contributed by atoms with Crippen LogP contribution < -0.4 is 26.0 Å². The van der Waals surface area contributed by atoms with Crippen LogP contribution in [0.2, 0.25) is 0 Å². The molecule has 1 heterocycles. The van der Waals surface area contributed by atoms with Crippen molar-refractivity contribution in [2.75, 3.05) is 27.9 Å². The van der Waals surface area contributed by atoms with Gasteiger partial charge in [0.05, 0.1) is 17.1 Å². The van der Waals surface area contributed by atoms with E-state index in [1.165, 1.54) is 6.20 Å². The van der Waals surface area contributed by atoms with E-state index >= 15 is 0 Å². The molecule has 12 nitrogen and oxygen atoms in total. The minimum atomic E-state index is -0.591. The molecule has 0 unspecified atom stereocenters. The number of amides is 1. The Balaban J connectivity index is 1.37. The number of carbonyl (C=O) groups excluding carboxylic acids is 2. The number of aromatic nitrogens is 2. The molecule has 1 aromatic heterocycles. The van der Waals surface area contributed by atoms with E-state index in [0.29, 0.717) is 34.9 Å². The number of ketones is 1. The summed E-state index contributed by atoms with van der Waals surface area (Å²) in [6, 6.07) is 30.8. The Morgan fingerprint density at radius 2 is 1.60 bits per heavy atom. The van der Waals surface area contributed by atoms with E-state index in [2.05, 4.69) is 31.2 Å². The number of para-hydroxylation sites is 1. The third-order valence-corrected chi connectivity index (χ3v) is 7.82. The predicted molar refractivity (Wildman–Crippen MR) is 194 cm³/mol. The van der Waals surface area contributed by atoms with Crippen molar-refractivity contribution in [3.63, 3.8) is 0 Å². The summed E-state index contributed by atoms with van der Waals surface area (Å²) in [6.45, 7) is 4.51. The standard InChI is InChI=1S/C38H33N7O5/c1-3-50-28-19-17-27(18-20-28)41-38-43-35(39-22-25-12-5-4-6-13-25)33(45(48)49)36(44-38)40-23-31-29-15-9-8-14-26(29)21-30(34(31)46)37(47)42-32-16-10-7-11-24(32)2/h4-21,23H,3,22H2,1-2H3,(H,42,47)(H3,39,40,41,43,44)/b31-23+. The fourth-order valence-corrected chi connectivity index (χ4v) is 5.33. The Kier molecular flexibility index (Phi) is 9.89. The number of nitrogens with one attached hydrogen (secondary N) is 4. The lowest BCUT2D eigenvalue weighted by Gasteiger charge is -2.19. The average Bonchev–Trinajstić information content (AvgIpc) is 3.12. The monoisotopic (exact) mass is 667 g/mol. The van der Waals surface area contributed by atoms with Crippen LogP contribution in [0.15, 0.2) is 115 Å². The van der Waals surface area contributed by atoms with Gasteiger partial charge in [-0.2, -0.15) is 9.97 Å². The number of fused-ring (bicyclic) bond motifs is 1. The second kappa shape index (κ2) is 14.9. The highest BCUT2D eigenvalue weighted by molar-refractivity contribution is 6.43. The Hall–Kier alpha value is -6.82. The second-order valence-corrected chi connectivity index (χ2v) is 11.2. The molecule has 5 aromatic rings. The van der Waals surface area contributed by atoms with Crippen LogP contribution in [0.5, 0.6) is 5.75 Å². The number of rotatable bonds is 12. The smallest absolute Gasteiger partial charge is 0.353 e. The van der Waals surface area contributed by atoms with Gasteiger partial charge in [0.1, 0.15) is 5.75 Å². The first-order chi connectivity index (χ1) is 24.3. The Morgan fingerprint density at radius 1 is 0.900 bits per heavy atom. The van der Waals surface area contributed by atoms with Gasteiger partial charge in [-0.3, -0.25) is 19.7 Å². The van der Waals surface area contributed by atoms with E-state index < -0.39 is 22.3 Å². The highest BCUT2D eigenvalue weighted by atomic mass is 16.6. The molecule has 1 amide bonds. The average molecular weight is 668 g/mol. The summed E-state index contributed by atoms with van der Waals surface area (Å²) in [4.78, 5) is 48.2. The Morgan fingerprint density at radius 3 is 2.34 bits per heavy atom. The van der Waals surface area contributed by atoms with Gasteiger partial charge >= 0.3 is 5.69 Å². The third kappa shape index (κ3) is 7.50. The van der Waals surface area contributed by atoms with Crippen LogP contribution in [0.4, 0.5) is 34.6 Å². The van der Waals surface area contributed by atoms with Crippen molar-refractivity contribution in [3.05, 3.63) is 147 Å². The molecule has 4 aromatic carbocycles. The molecule has 12 heteroatoms. The molecular weight excluding hydrogens is 634 g/mol. The number of hydrogen-bond donors (Lipinski definition) is 4. The van der Waals surface area contributed by atoms with Gasteiger partial charge in [-0.15, -0.1) is 0 Å². The zero-order valence-corrected chi connectivity index (χ0v) is 27.3. The van der Waals surface area contributed by atoms with Crippen LogP contribution in [0, 0.1) is 17.0 Å². The normalized spacial score (nSPS) is 12.8. The van der Waals surface area contributed by atoms with Gasteiger partial charge < -0.3 is 26.0 Å². The molecular formula is C38H33N7O5. The van der Waals surface area contributed by atoms with E-state index in [0.717, 1.165) is 11.1 Å². The van der Waals surface area contributed by atoms with Crippen molar-refractivity contribution < 1.29 is 19.2 Å². The number of anilines is 5. The third-order valence-electron chi connectivity index (χ3n) is 7.82. The molecule has 4 N–H and O–H groups in total. The van der Waals surface area contributed by atoms with Crippen LogP contribution in [0.25, 0.3) is 11.6 Å². The molecule has 0 bridgehead atoms. The Bertz CT molecular complexity index is 2130. The summed E-state index contributed by atoms with van der Waals surface area (Å²) in [5, 5.41) is 24.4. The first-order valence-electron chi connectivity index (χ1n) is 15.8. The zero-order valence-electron chi connectivity index (χ0n) is 27.3. The SMILES string of the molecule is CCOc1ccc(Nc2nc(N/C=C3/C(=O)C(C(=O)Nc4ccccc4C)=Cc4ccccc43)c([N+](=O)[O-])c(NCc3ccccc3)n2)cc1. The van der Waals surface area contributed by atoms with Crippen LogP contribution >= 0.6 is 0 Å². The van der Waals surface area contributed by atoms with Crippen molar-refractivity contribution in [2.45, 2.75) is 20.4 Å². The van der Waals surface area contributed by atoms with E-state index in [9.17, 15) is 19.7 Å². The van der Waals surface area contributed by atoms with Crippen molar-refractivity contribution in [2.24, 2.45) is 0 Å². The van der Waals surface area contributed by atoms with Crippen molar-refractivity contribution in [1.29, 1.82) is 0 Å². The highest BCUT2D eigenvalue weighted by Gasteiger charge is 2.30. The highest BCUT2D eigenvalue weighted by Crippen LogP contribution is 2.35.